The zero-order valence-electron chi connectivity index (χ0n) is 15.9. The van der Waals surface area contributed by atoms with Crippen molar-refractivity contribution >= 4 is 6.08 Å². The van der Waals surface area contributed by atoms with E-state index in [1.807, 2.05) is 37.3 Å². The molecule has 1 fully saturated rings. The molecule has 0 radical (unpaired) electrons. The van der Waals surface area contributed by atoms with Crippen molar-refractivity contribution < 1.29 is 23.8 Å². The number of ether oxygens (including phenoxy) is 4. The van der Waals surface area contributed by atoms with E-state index in [4.69, 9.17) is 18.9 Å². The van der Waals surface area contributed by atoms with Crippen molar-refractivity contribution in [3.05, 3.63) is 29.8 Å². The molecule has 2 atom stereocenters. The Labute approximate surface area is 151 Å². The fourth-order valence-electron chi connectivity index (χ4n) is 3.22. The highest BCUT2D eigenvalue weighted by Gasteiger charge is 2.24. The van der Waals surface area contributed by atoms with Crippen molar-refractivity contribution in [3.63, 3.8) is 0 Å². The van der Waals surface area contributed by atoms with Crippen molar-refractivity contribution in [1.82, 2.24) is 0 Å². The van der Waals surface area contributed by atoms with Gasteiger partial charge in [0.1, 0.15) is 38.4 Å². The molecule has 2 rings (SSSR count). The molecule has 1 aromatic rings. The van der Waals surface area contributed by atoms with Crippen LogP contribution in [0.15, 0.2) is 24.3 Å². The summed E-state index contributed by atoms with van der Waals surface area (Å²) in [7, 11) is 1.66. The molecule has 25 heavy (non-hydrogen) atoms. The second-order valence-corrected chi connectivity index (χ2v) is 6.54. The van der Waals surface area contributed by atoms with Gasteiger partial charge in [-0.3, -0.25) is 0 Å². The van der Waals surface area contributed by atoms with Gasteiger partial charge in [-0.15, -0.1) is 0 Å². The molecule has 1 heterocycles. The van der Waals surface area contributed by atoms with Gasteiger partial charge in [0.05, 0.1) is 20.3 Å². The van der Waals surface area contributed by atoms with E-state index < -0.39 is 0 Å². The molecule has 0 aliphatic carbocycles. The number of benzene rings is 1. The first-order chi connectivity index (χ1) is 12.1. The van der Waals surface area contributed by atoms with Crippen LogP contribution in [0.3, 0.4) is 0 Å². The lowest BCUT2D eigenvalue weighted by atomic mass is 10.2. The lowest BCUT2D eigenvalue weighted by molar-refractivity contribution is -0.915. The second-order valence-electron chi connectivity index (χ2n) is 6.54. The molecule has 0 amide bonds. The molecule has 1 aromatic carbocycles. The normalized spacial score (nSPS) is 23.8. The third-order valence-corrected chi connectivity index (χ3v) is 4.25. The summed E-state index contributed by atoms with van der Waals surface area (Å²) in [6, 6.07) is 5.93. The number of hydrogen-bond acceptors (Lipinski definition) is 4. The molecule has 5 heteroatoms. The summed E-state index contributed by atoms with van der Waals surface area (Å²) in [5.41, 5.74) is 1.10. The van der Waals surface area contributed by atoms with Crippen LogP contribution in [0.25, 0.3) is 6.08 Å². The van der Waals surface area contributed by atoms with Gasteiger partial charge in [0.25, 0.3) is 0 Å². The molecule has 0 spiro atoms. The Kier molecular flexibility index (Phi) is 8.25. The number of allylic oxidation sites excluding steroid dienone is 1. The van der Waals surface area contributed by atoms with Crippen molar-refractivity contribution in [3.8, 4) is 11.5 Å². The maximum atomic E-state index is 5.79. The smallest absolute Gasteiger partial charge is 0.161 e. The summed E-state index contributed by atoms with van der Waals surface area (Å²) in [5.74, 6) is 1.50. The maximum absolute atomic E-state index is 5.79. The Hall–Kier alpha value is -1.56. The third-order valence-electron chi connectivity index (χ3n) is 4.25. The molecule has 140 valence electrons. The molecule has 1 N–H and O–H groups in total. The first-order valence-corrected chi connectivity index (χ1v) is 9.12. The number of morpholine rings is 1. The van der Waals surface area contributed by atoms with Crippen LogP contribution < -0.4 is 14.4 Å². The molecule has 0 saturated carbocycles. The Balaban J connectivity index is 1.66. The van der Waals surface area contributed by atoms with E-state index in [2.05, 4.69) is 13.8 Å². The zero-order chi connectivity index (χ0) is 18.1. The van der Waals surface area contributed by atoms with Crippen LogP contribution in [-0.4, -0.2) is 58.8 Å². The minimum atomic E-state index is 0.333. The Bertz CT molecular complexity index is 536. The van der Waals surface area contributed by atoms with Gasteiger partial charge in [-0.1, -0.05) is 18.2 Å². The van der Waals surface area contributed by atoms with E-state index in [0.29, 0.717) is 25.4 Å². The van der Waals surface area contributed by atoms with Gasteiger partial charge in [0.15, 0.2) is 11.5 Å². The average molecular weight is 350 g/mol. The fourth-order valence-corrected chi connectivity index (χ4v) is 3.22. The Morgan fingerprint density at radius 1 is 1.12 bits per heavy atom. The largest absolute Gasteiger partial charge is 0.493 e. The number of hydrogen-bond donors (Lipinski definition) is 1. The summed E-state index contributed by atoms with van der Waals surface area (Å²) in [6.45, 7) is 11.2. The summed E-state index contributed by atoms with van der Waals surface area (Å²) >= 11 is 0. The second kappa shape index (κ2) is 10.4. The topological polar surface area (TPSA) is 41.4 Å². The number of rotatable bonds is 9. The van der Waals surface area contributed by atoms with Crippen LogP contribution in [0.5, 0.6) is 11.5 Å². The van der Waals surface area contributed by atoms with Gasteiger partial charge in [0, 0.05) is 0 Å². The quantitative estimate of drug-likeness (QED) is 0.690. The highest BCUT2D eigenvalue weighted by atomic mass is 16.5. The van der Waals surface area contributed by atoms with Gasteiger partial charge >= 0.3 is 0 Å². The van der Waals surface area contributed by atoms with E-state index in [-0.39, 0.29) is 0 Å². The van der Waals surface area contributed by atoms with Crippen LogP contribution in [0.4, 0.5) is 0 Å². The molecule has 1 aliphatic rings. The summed E-state index contributed by atoms with van der Waals surface area (Å²) in [5, 5.41) is 0. The van der Waals surface area contributed by atoms with Crippen molar-refractivity contribution in [2.45, 2.75) is 33.0 Å². The number of methoxy groups -OCH3 is 1. The van der Waals surface area contributed by atoms with Crippen molar-refractivity contribution in [1.29, 1.82) is 0 Å². The van der Waals surface area contributed by atoms with E-state index in [9.17, 15) is 0 Å². The van der Waals surface area contributed by atoms with Gasteiger partial charge < -0.3 is 23.8 Å². The summed E-state index contributed by atoms with van der Waals surface area (Å²) in [6.07, 6.45) is 4.70. The molecule has 0 bridgehead atoms. The predicted octanol–water partition coefficient (Wildman–Crippen LogP) is 1.82. The van der Waals surface area contributed by atoms with Crippen LogP contribution >= 0.6 is 0 Å². The molecule has 0 aromatic heterocycles. The van der Waals surface area contributed by atoms with Crippen molar-refractivity contribution in [2.75, 3.05) is 46.6 Å². The van der Waals surface area contributed by atoms with Crippen LogP contribution in [0, 0.1) is 0 Å². The minimum absolute atomic E-state index is 0.333. The number of nitrogens with one attached hydrogen (secondary N) is 1. The number of quaternary nitrogens is 1. The highest BCUT2D eigenvalue weighted by Crippen LogP contribution is 2.28. The molecule has 0 unspecified atom stereocenters. The van der Waals surface area contributed by atoms with Crippen LogP contribution in [0.1, 0.15) is 26.3 Å². The Morgan fingerprint density at radius 2 is 1.88 bits per heavy atom. The summed E-state index contributed by atoms with van der Waals surface area (Å²) < 4.78 is 22.7. The van der Waals surface area contributed by atoms with Gasteiger partial charge in [-0.2, -0.15) is 0 Å². The zero-order valence-corrected chi connectivity index (χ0v) is 15.9. The molecular formula is C20H32NO4+. The molecule has 1 aliphatic heterocycles. The average Bonchev–Trinajstić information content (AvgIpc) is 2.58. The van der Waals surface area contributed by atoms with Gasteiger partial charge in [0.2, 0.25) is 0 Å². The SMILES string of the molecule is C/C=C/c1ccc(OCCOCC[NH+]2C[C@@H](C)O[C@H](C)C2)c(OC)c1. The fraction of sp³-hybridized carbons (Fsp3) is 0.600. The highest BCUT2D eigenvalue weighted by molar-refractivity contribution is 5.55. The lowest BCUT2D eigenvalue weighted by Gasteiger charge is -2.32. The molecule has 1 saturated heterocycles. The first-order valence-electron chi connectivity index (χ1n) is 9.12. The summed E-state index contributed by atoms with van der Waals surface area (Å²) in [4.78, 5) is 1.55. The van der Waals surface area contributed by atoms with E-state index >= 15 is 0 Å². The monoisotopic (exact) mass is 350 g/mol. The van der Waals surface area contributed by atoms with E-state index in [1.165, 1.54) is 0 Å². The predicted molar refractivity (Wildman–Crippen MR) is 99.6 cm³/mol. The standard InChI is InChI=1S/C20H31NO4/c1-5-6-18-7-8-19(20(13-18)22-4)24-12-11-23-10-9-21-14-16(2)25-17(3)15-21/h5-8,13,16-17H,9-12,14-15H2,1-4H3/p+1/b6-5+/t16-,17-/m1/s1. The Morgan fingerprint density at radius 3 is 2.56 bits per heavy atom. The first kappa shape index (κ1) is 19.8. The van der Waals surface area contributed by atoms with Crippen molar-refractivity contribution in [2.24, 2.45) is 0 Å². The molecule has 5 nitrogen and oxygen atoms in total. The minimum Gasteiger partial charge on any atom is -0.493 e. The van der Waals surface area contributed by atoms with Crippen LogP contribution in [0.2, 0.25) is 0 Å². The molecular weight excluding hydrogens is 318 g/mol. The van der Waals surface area contributed by atoms with E-state index in [0.717, 1.165) is 43.3 Å². The maximum Gasteiger partial charge on any atom is 0.161 e. The van der Waals surface area contributed by atoms with E-state index in [1.54, 1.807) is 12.0 Å². The van der Waals surface area contributed by atoms with Gasteiger partial charge in [-0.25, -0.2) is 0 Å². The third kappa shape index (κ3) is 6.69. The lowest BCUT2D eigenvalue weighted by Crippen LogP contribution is -3.15. The van der Waals surface area contributed by atoms with Crippen LogP contribution in [-0.2, 0) is 9.47 Å². The van der Waals surface area contributed by atoms with Gasteiger partial charge in [-0.05, 0) is 38.5 Å².